The van der Waals surface area contributed by atoms with Gasteiger partial charge in [0.25, 0.3) is 0 Å². The van der Waals surface area contributed by atoms with Crippen LogP contribution in [0.3, 0.4) is 0 Å². The Morgan fingerprint density at radius 1 is 1.50 bits per heavy atom. The highest BCUT2D eigenvalue weighted by atomic mass is 79.9. The molecule has 0 unspecified atom stereocenters. The summed E-state index contributed by atoms with van der Waals surface area (Å²) >= 11 is 3.06. The predicted octanol–water partition coefficient (Wildman–Crippen LogP) is 1.63. The van der Waals surface area contributed by atoms with E-state index in [9.17, 15) is 9.18 Å². The minimum Gasteiger partial charge on any atom is -0.396 e. The molecule has 1 aromatic carbocycles. The molecule has 0 aliphatic heterocycles. The van der Waals surface area contributed by atoms with Crippen LogP contribution in [0.25, 0.3) is 0 Å². The van der Waals surface area contributed by atoms with Gasteiger partial charge in [-0.25, -0.2) is 4.39 Å². The van der Waals surface area contributed by atoms with Crippen LogP contribution in [0.15, 0.2) is 22.7 Å². The Hall–Kier alpha value is -0.940. The lowest BCUT2D eigenvalue weighted by molar-refractivity contribution is -0.120. The number of halogens is 2. The number of amides is 1. The molecule has 0 saturated heterocycles. The van der Waals surface area contributed by atoms with Crippen LogP contribution in [-0.2, 0) is 11.2 Å². The van der Waals surface area contributed by atoms with Gasteiger partial charge in [0.2, 0.25) is 5.91 Å². The largest absolute Gasteiger partial charge is 0.396 e. The molecule has 0 aliphatic carbocycles. The Bertz CT molecular complexity index is 371. The summed E-state index contributed by atoms with van der Waals surface area (Å²) in [6, 6.07) is 4.48. The number of rotatable bonds is 5. The first-order valence-electron chi connectivity index (χ1n) is 4.95. The fourth-order valence-electron chi connectivity index (χ4n) is 1.20. The second-order valence-corrected chi connectivity index (χ2v) is 4.21. The molecule has 16 heavy (non-hydrogen) atoms. The summed E-state index contributed by atoms with van der Waals surface area (Å²) in [6.07, 6.45) is 0.753. The molecule has 0 spiro atoms. The second-order valence-electron chi connectivity index (χ2n) is 3.35. The second kappa shape index (κ2) is 6.60. The summed E-state index contributed by atoms with van der Waals surface area (Å²) in [4.78, 5) is 11.4. The van der Waals surface area contributed by atoms with Crippen LogP contribution in [0, 0.1) is 5.82 Å². The van der Waals surface area contributed by atoms with E-state index in [1.165, 1.54) is 6.07 Å². The van der Waals surface area contributed by atoms with Gasteiger partial charge in [-0.05, 0) is 40.0 Å². The first-order valence-corrected chi connectivity index (χ1v) is 5.74. The molecule has 1 amide bonds. The average Bonchev–Trinajstić information content (AvgIpc) is 2.24. The molecular weight excluding hydrogens is 277 g/mol. The quantitative estimate of drug-likeness (QED) is 0.810. The molecular formula is C11H13BrFNO2. The summed E-state index contributed by atoms with van der Waals surface area (Å²) in [5.41, 5.74) is 0.745. The minimum absolute atomic E-state index is 0.0579. The zero-order chi connectivity index (χ0) is 12.0. The third-order valence-corrected chi connectivity index (χ3v) is 2.61. The number of benzene rings is 1. The molecule has 2 N–H and O–H groups in total. The average molecular weight is 290 g/mol. The molecule has 3 nitrogen and oxygen atoms in total. The summed E-state index contributed by atoms with van der Waals surface area (Å²) in [7, 11) is 0. The Morgan fingerprint density at radius 2 is 2.25 bits per heavy atom. The Balaban J connectivity index is 2.46. The van der Waals surface area contributed by atoms with Crippen LogP contribution in [-0.4, -0.2) is 24.2 Å². The van der Waals surface area contributed by atoms with Crippen molar-refractivity contribution in [2.45, 2.75) is 12.8 Å². The molecule has 0 fully saturated rings. The van der Waals surface area contributed by atoms with Gasteiger partial charge >= 0.3 is 0 Å². The van der Waals surface area contributed by atoms with E-state index < -0.39 is 0 Å². The predicted molar refractivity (Wildman–Crippen MR) is 62.5 cm³/mol. The Kier molecular flexibility index (Phi) is 5.42. The topological polar surface area (TPSA) is 49.3 Å². The van der Waals surface area contributed by atoms with Gasteiger partial charge in [-0.1, -0.05) is 6.07 Å². The zero-order valence-corrected chi connectivity index (χ0v) is 10.3. The van der Waals surface area contributed by atoms with Crippen LogP contribution in [0.2, 0.25) is 0 Å². The highest BCUT2D eigenvalue weighted by Gasteiger charge is 2.05. The van der Waals surface area contributed by atoms with Gasteiger partial charge in [-0.15, -0.1) is 0 Å². The molecule has 5 heteroatoms. The number of aliphatic hydroxyl groups is 1. The fourth-order valence-corrected chi connectivity index (χ4v) is 1.63. The van der Waals surface area contributed by atoms with Gasteiger partial charge in [0.15, 0.2) is 0 Å². The zero-order valence-electron chi connectivity index (χ0n) is 8.67. The van der Waals surface area contributed by atoms with E-state index in [1.54, 1.807) is 12.1 Å². The summed E-state index contributed by atoms with van der Waals surface area (Å²) in [5, 5.41) is 11.2. The summed E-state index contributed by atoms with van der Waals surface area (Å²) in [5.74, 6) is -0.476. The van der Waals surface area contributed by atoms with Crippen molar-refractivity contribution in [2.75, 3.05) is 13.2 Å². The van der Waals surface area contributed by atoms with Crippen molar-refractivity contribution >= 4 is 21.8 Å². The lowest BCUT2D eigenvalue weighted by Gasteiger charge is -2.04. The van der Waals surface area contributed by atoms with E-state index in [1.807, 2.05) is 0 Å². The number of carbonyl (C=O) groups excluding carboxylic acids is 1. The van der Waals surface area contributed by atoms with E-state index >= 15 is 0 Å². The third-order valence-electron chi connectivity index (χ3n) is 2.01. The van der Waals surface area contributed by atoms with Crippen molar-refractivity contribution in [3.05, 3.63) is 34.1 Å². The van der Waals surface area contributed by atoms with Crippen molar-refractivity contribution in [3.8, 4) is 0 Å². The number of hydrogen-bond acceptors (Lipinski definition) is 2. The lowest BCUT2D eigenvalue weighted by Crippen LogP contribution is -2.26. The normalized spacial score (nSPS) is 10.2. The molecule has 0 aromatic heterocycles. The van der Waals surface area contributed by atoms with Gasteiger partial charge in [0.1, 0.15) is 5.82 Å². The van der Waals surface area contributed by atoms with Crippen LogP contribution in [0.4, 0.5) is 4.39 Å². The van der Waals surface area contributed by atoms with Crippen LogP contribution < -0.4 is 5.32 Å². The standard InChI is InChI=1S/C11H13BrFNO2/c12-9-6-8(2-3-10(9)13)7-11(16)14-4-1-5-15/h2-3,6,15H,1,4-5,7H2,(H,14,16). The lowest BCUT2D eigenvalue weighted by atomic mass is 10.1. The van der Waals surface area contributed by atoms with Crippen LogP contribution in [0.1, 0.15) is 12.0 Å². The maximum absolute atomic E-state index is 12.9. The molecule has 0 aliphatic rings. The van der Waals surface area contributed by atoms with Crippen molar-refractivity contribution in [1.82, 2.24) is 5.32 Å². The Morgan fingerprint density at radius 3 is 2.88 bits per heavy atom. The van der Waals surface area contributed by atoms with Gasteiger partial charge < -0.3 is 10.4 Å². The number of aliphatic hydroxyl groups excluding tert-OH is 1. The van der Waals surface area contributed by atoms with Gasteiger partial charge in [-0.2, -0.15) is 0 Å². The van der Waals surface area contributed by atoms with Crippen molar-refractivity contribution < 1.29 is 14.3 Å². The summed E-state index contributed by atoms with van der Waals surface area (Å²) in [6.45, 7) is 0.514. The first-order chi connectivity index (χ1) is 7.63. The maximum atomic E-state index is 12.9. The third kappa shape index (κ3) is 4.28. The molecule has 0 radical (unpaired) electrons. The van der Waals surface area contributed by atoms with Crippen LogP contribution in [0.5, 0.6) is 0 Å². The maximum Gasteiger partial charge on any atom is 0.224 e. The van der Waals surface area contributed by atoms with Crippen molar-refractivity contribution in [2.24, 2.45) is 0 Å². The Labute approximate surface area is 102 Å². The first kappa shape index (κ1) is 13.1. The molecule has 0 atom stereocenters. The van der Waals surface area contributed by atoms with E-state index in [0.29, 0.717) is 17.4 Å². The van der Waals surface area contributed by atoms with Gasteiger partial charge in [0.05, 0.1) is 10.9 Å². The molecule has 1 rings (SSSR count). The molecule has 1 aromatic rings. The summed E-state index contributed by atoms with van der Waals surface area (Å²) < 4.78 is 13.3. The van der Waals surface area contributed by atoms with Gasteiger partial charge in [-0.3, -0.25) is 4.79 Å². The van der Waals surface area contributed by atoms with Crippen molar-refractivity contribution in [1.29, 1.82) is 0 Å². The minimum atomic E-state index is -0.343. The van der Waals surface area contributed by atoms with E-state index in [0.717, 1.165) is 5.56 Å². The number of carbonyl (C=O) groups is 1. The highest BCUT2D eigenvalue weighted by molar-refractivity contribution is 9.10. The molecule has 0 bridgehead atoms. The van der Waals surface area contributed by atoms with Crippen molar-refractivity contribution in [3.63, 3.8) is 0 Å². The van der Waals surface area contributed by atoms with E-state index in [4.69, 9.17) is 5.11 Å². The monoisotopic (exact) mass is 289 g/mol. The highest BCUT2D eigenvalue weighted by Crippen LogP contribution is 2.16. The molecule has 88 valence electrons. The fraction of sp³-hybridized carbons (Fsp3) is 0.364. The smallest absolute Gasteiger partial charge is 0.224 e. The van der Waals surface area contributed by atoms with E-state index in [2.05, 4.69) is 21.2 Å². The van der Waals surface area contributed by atoms with E-state index in [-0.39, 0.29) is 24.8 Å². The number of hydrogen-bond donors (Lipinski definition) is 2. The molecule has 0 saturated carbocycles. The van der Waals surface area contributed by atoms with Gasteiger partial charge in [0, 0.05) is 13.2 Å². The SMILES string of the molecule is O=C(Cc1ccc(F)c(Br)c1)NCCCO. The van der Waals surface area contributed by atoms with Crippen LogP contribution >= 0.6 is 15.9 Å². The number of nitrogens with one attached hydrogen (secondary N) is 1. The molecule has 0 heterocycles.